The van der Waals surface area contributed by atoms with E-state index in [1.165, 1.54) is 11.3 Å². The molecule has 5 rings (SSSR count). The number of ketones is 1. The fourth-order valence-corrected chi connectivity index (χ4v) is 6.51. The maximum Gasteiger partial charge on any atom is 0.317 e. The lowest BCUT2D eigenvalue weighted by Crippen LogP contribution is -2.46. The van der Waals surface area contributed by atoms with Crippen LogP contribution in [0.1, 0.15) is 47.6 Å². The number of carbonyl (C=O) groups excluding carboxylic acids is 3. The molecule has 3 atom stereocenters. The van der Waals surface area contributed by atoms with E-state index in [1.54, 1.807) is 25.0 Å². The van der Waals surface area contributed by atoms with E-state index in [4.69, 9.17) is 21.1 Å². The summed E-state index contributed by atoms with van der Waals surface area (Å²) in [6.07, 6.45) is 0.408. The van der Waals surface area contributed by atoms with Gasteiger partial charge in [0.25, 0.3) is 0 Å². The van der Waals surface area contributed by atoms with Gasteiger partial charge in [-0.2, -0.15) is 0 Å². The van der Waals surface area contributed by atoms with Crippen LogP contribution in [0.15, 0.2) is 71.2 Å². The number of aryl methyl sites for hydroxylation is 1. The van der Waals surface area contributed by atoms with E-state index in [9.17, 15) is 14.4 Å². The fourth-order valence-electron chi connectivity index (χ4n) is 5.47. The molecule has 38 heavy (non-hydrogen) atoms. The summed E-state index contributed by atoms with van der Waals surface area (Å²) in [5.41, 5.74) is 3.37. The summed E-state index contributed by atoms with van der Waals surface area (Å²) in [6.45, 7) is 3.81. The van der Waals surface area contributed by atoms with Crippen molar-refractivity contribution in [3.63, 3.8) is 0 Å². The second-order valence-electron chi connectivity index (χ2n) is 9.48. The van der Waals surface area contributed by atoms with E-state index in [-0.39, 0.29) is 24.7 Å². The number of thiophene rings is 1. The lowest BCUT2D eigenvalue weighted by atomic mass is 9.69. The van der Waals surface area contributed by atoms with Crippen molar-refractivity contribution in [1.29, 1.82) is 0 Å². The zero-order valence-corrected chi connectivity index (χ0v) is 23.0. The molecule has 0 unspecified atom stereocenters. The molecule has 196 valence electrons. The number of esters is 1. The number of ether oxygens (including phenoxy) is 2. The first-order valence-electron chi connectivity index (χ1n) is 12.5. The number of rotatable bonds is 6. The Hall–Kier alpha value is -3.42. The molecule has 3 aromatic rings. The molecule has 0 spiro atoms. The Morgan fingerprint density at radius 1 is 1.11 bits per heavy atom. The van der Waals surface area contributed by atoms with E-state index in [0.29, 0.717) is 34.2 Å². The first kappa shape index (κ1) is 26.2. The predicted octanol–water partition coefficient (Wildman–Crippen LogP) is 6.43. The molecule has 0 N–H and O–H groups in total. The van der Waals surface area contributed by atoms with Crippen molar-refractivity contribution in [1.82, 2.24) is 0 Å². The van der Waals surface area contributed by atoms with Gasteiger partial charge in [-0.3, -0.25) is 19.3 Å². The SMILES string of the molecule is CCOC(=O)[C@@H]1C(=O)C2=C(C[C@@H]1c1cccs1)N(c1ccc(C)c(Cl)c1)C(=O)C[C@@H]2c1cccc(OC)c1. The average Bonchev–Trinajstić information content (AvgIpc) is 3.45. The van der Waals surface area contributed by atoms with Crippen molar-refractivity contribution < 1.29 is 23.9 Å². The van der Waals surface area contributed by atoms with Crippen molar-refractivity contribution in [2.24, 2.45) is 5.92 Å². The van der Waals surface area contributed by atoms with E-state index >= 15 is 0 Å². The van der Waals surface area contributed by atoms with Crippen LogP contribution < -0.4 is 9.64 Å². The minimum atomic E-state index is -0.989. The van der Waals surface area contributed by atoms with E-state index in [2.05, 4.69) is 0 Å². The van der Waals surface area contributed by atoms with Gasteiger partial charge < -0.3 is 9.47 Å². The molecule has 0 fully saturated rings. The Morgan fingerprint density at radius 3 is 2.61 bits per heavy atom. The number of anilines is 1. The average molecular weight is 550 g/mol. The van der Waals surface area contributed by atoms with Gasteiger partial charge in [-0.15, -0.1) is 11.3 Å². The topological polar surface area (TPSA) is 72.9 Å². The Bertz CT molecular complexity index is 1430. The highest BCUT2D eigenvalue weighted by atomic mass is 35.5. The molecule has 1 aliphatic heterocycles. The van der Waals surface area contributed by atoms with Crippen molar-refractivity contribution in [3.05, 3.63) is 92.3 Å². The number of amides is 1. The van der Waals surface area contributed by atoms with Gasteiger partial charge in [-0.05, 0) is 67.1 Å². The highest BCUT2D eigenvalue weighted by molar-refractivity contribution is 7.10. The minimum absolute atomic E-state index is 0.0719. The summed E-state index contributed by atoms with van der Waals surface area (Å²) in [7, 11) is 1.58. The quantitative estimate of drug-likeness (QED) is 0.262. The molecule has 2 heterocycles. The second-order valence-corrected chi connectivity index (χ2v) is 10.9. The van der Waals surface area contributed by atoms with Gasteiger partial charge >= 0.3 is 5.97 Å². The van der Waals surface area contributed by atoms with Crippen LogP contribution in [0.2, 0.25) is 5.02 Å². The standard InChI is InChI=1S/C30H28ClNO5S/c1-4-37-30(35)28-22(25-9-6-12-38-25)15-24-27(29(28)34)21(18-7-5-8-20(13-18)36-3)16-26(33)32(24)19-11-10-17(2)23(31)14-19/h5-14,21-22,28H,4,15-16H2,1-3H3/t21-,22-,28+/m1/s1. The molecule has 0 bridgehead atoms. The van der Waals surface area contributed by atoms with Crippen molar-refractivity contribution in [3.8, 4) is 5.75 Å². The summed E-state index contributed by atoms with van der Waals surface area (Å²) in [6, 6.07) is 16.7. The van der Waals surface area contributed by atoms with Crippen molar-refractivity contribution in [2.75, 3.05) is 18.6 Å². The number of hydrogen-bond acceptors (Lipinski definition) is 6. The largest absolute Gasteiger partial charge is 0.497 e. The number of allylic oxidation sites excluding steroid dienone is 2. The van der Waals surface area contributed by atoms with Crippen LogP contribution in [0.3, 0.4) is 0 Å². The van der Waals surface area contributed by atoms with Crippen LogP contribution in [-0.4, -0.2) is 31.4 Å². The molecular formula is C30H28ClNO5S. The maximum atomic E-state index is 14.4. The molecular weight excluding hydrogens is 522 g/mol. The Kier molecular flexibility index (Phi) is 7.41. The lowest BCUT2D eigenvalue weighted by molar-refractivity contribution is -0.152. The summed E-state index contributed by atoms with van der Waals surface area (Å²) >= 11 is 7.95. The number of nitrogens with zero attached hydrogens (tertiary/aromatic N) is 1. The number of hydrogen-bond donors (Lipinski definition) is 0. The van der Waals surface area contributed by atoms with Crippen molar-refractivity contribution in [2.45, 2.75) is 38.5 Å². The Morgan fingerprint density at radius 2 is 1.92 bits per heavy atom. The summed E-state index contributed by atoms with van der Waals surface area (Å²) in [4.78, 5) is 44.0. The zero-order valence-electron chi connectivity index (χ0n) is 21.4. The normalized spacial score (nSPS) is 21.4. The summed E-state index contributed by atoms with van der Waals surface area (Å²) in [5, 5.41) is 2.46. The molecule has 0 saturated carbocycles. The number of benzene rings is 2. The molecule has 2 aromatic carbocycles. The van der Waals surface area contributed by atoms with Gasteiger partial charge in [0.05, 0.1) is 19.4 Å². The Labute approximate surface area is 230 Å². The second kappa shape index (κ2) is 10.8. The highest BCUT2D eigenvalue weighted by Gasteiger charge is 2.50. The summed E-state index contributed by atoms with van der Waals surface area (Å²) in [5.74, 6) is -2.29. The summed E-state index contributed by atoms with van der Waals surface area (Å²) < 4.78 is 10.8. The van der Waals surface area contributed by atoms with Gasteiger partial charge in [-0.25, -0.2) is 0 Å². The fraction of sp³-hybridized carbons (Fsp3) is 0.300. The minimum Gasteiger partial charge on any atom is -0.497 e. The van der Waals surface area contributed by atoms with Gasteiger partial charge in [-0.1, -0.05) is 35.9 Å². The van der Waals surface area contributed by atoms with Gasteiger partial charge in [0, 0.05) is 39.4 Å². The number of methoxy groups -OCH3 is 1. The van der Waals surface area contributed by atoms with Crippen LogP contribution in [-0.2, 0) is 19.1 Å². The molecule has 8 heteroatoms. The first-order valence-corrected chi connectivity index (χ1v) is 13.8. The molecule has 6 nitrogen and oxygen atoms in total. The van der Waals surface area contributed by atoms with Crippen LogP contribution >= 0.6 is 22.9 Å². The predicted molar refractivity (Wildman–Crippen MR) is 148 cm³/mol. The van der Waals surface area contributed by atoms with Gasteiger partial charge in [0.1, 0.15) is 11.7 Å². The molecule has 0 saturated heterocycles. The van der Waals surface area contributed by atoms with E-state index < -0.39 is 23.7 Å². The molecule has 0 radical (unpaired) electrons. The third kappa shape index (κ3) is 4.65. The molecule has 1 aliphatic carbocycles. The smallest absolute Gasteiger partial charge is 0.317 e. The molecule has 2 aliphatic rings. The third-order valence-electron chi connectivity index (χ3n) is 7.28. The monoisotopic (exact) mass is 549 g/mol. The first-order chi connectivity index (χ1) is 18.3. The van der Waals surface area contributed by atoms with Crippen LogP contribution in [0.5, 0.6) is 5.75 Å². The van der Waals surface area contributed by atoms with Crippen LogP contribution in [0.4, 0.5) is 5.69 Å². The maximum absolute atomic E-state index is 14.4. The Balaban J connectivity index is 1.73. The number of carbonyl (C=O) groups is 3. The van der Waals surface area contributed by atoms with Crippen LogP contribution in [0.25, 0.3) is 0 Å². The lowest BCUT2D eigenvalue weighted by Gasteiger charge is -2.42. The third-order valence-corrected chi connectivity index (χ3v) is 8.69. The van der Waals surface area contributed by atoms with E-state index in [1.807, 2.05) is 60.8 Å². The number of halogens is 1. The molecule has 1 amide bonds. The van der Waals surface area contributed by atoms with Gasteiger partial charge in [0.2, 0.25) is 5.91 Å². The molecule has 1 aromatic heterocycles. The van der Waals surface area contributed by atoms with E-state index in [0.717, 1.165) is 16.0 Å². The van der Waals surface area contributed by atoms with Crippen molar-refractivity contribution >= 4 is 46.3 Å². The highest BCUT2D eigenvalue weighted by Crippen LogP contribution is 2.50. The zero-order chi connectivity index (χ0) is 27.0. The number of Topliss-reactive ketones (excluding diaryl/α,β-unsaturated/α-hetero) is 1. The van der Waals surface area contributed by atoms with Gasteiger partial charge in [0.15, 0.2) is 5.78 Å². The van der Waals surface area contributed by atoms with Crippen LogP contribution in [0, 0.1) is 12.8 Å².